The molecule has 120 valence electrons. The molecule has 0 aliphatic heterocycles. The van der Waals surface area contributed by atoms with E-state index in [0.717, 1.165) is 12.1 Å². The fraction of sp³-hybridized carbons (Fsp3) is 0.176. The van der Waals surface area contributed by atoms with Crippen LogP contribution in [-0.2, 0) is 4.79 Å². The topological polar surface area (TPSA) is 55.4 Å². The van der Waals surface area contributed by atoms with E-state index >= 15 is 0 Å². The maximum atomic E-state index is 13.1. The molecular formula is C17H15F2NO3. The number of benzene rings is 2. The van der Waals surface area contributed by atoms with E-state index < -0.39 is 23.6 Å². The van der Waals surface area contributed by atoms with Gasteiger partial charge in [-0.3, -0.25) is 9.59 Å². The van der Waals surface area contributed by atoms with Gasteiger partial charge in [-0.25, -0.2) is 8.78 Å². The minimum absolute atomic E-state index is 0.116. The predicted octanol–water partition coefficient (Wildman–Crippen LogP) is 3.57. The summed E-state index contributed by atoms with van der Waals surface area (Å²) in [5.41, 5.74) is 0.595. The lowest BCUT2D eigenvalue weighted by Crippen LogP contribution is -2.30. The Labute approximate surface area is 132 Å². The smallest absolute Gasteiger partial charge is 0.265 e. The molecule has 2 aromatic rings. The molecule has 4 nitrogen and oxygen atoms in total. The summed E-state index contributed by atoms with van der Waals surface area (Å²) in [6.07, 6.45) is -0.884. The van der Waals surface area contributed by atoms with Gasteiger partial charge in [-0.2, -0.15) is 0 Å². The number of hydrogen-bond donors (Lipinski definition) is 1. The van der Waals surface area contributed by atoms with E-state index in [9.17, 15) is 18.4 Å². The first-order valence-corrected chi connectivity index (χ1v) is 6.90. The Morgan fingerprint density at radius 1 is 1.09 bits per heavy atom. The molecule has 2 aromatic carbocycles. The predicted molar refractivity (Wildman–Crippen MR) is 81.5 cm³/mol. The highest BCUT2D eigenvalue weighted by atomic mass is 19.2. The van der Waals surface area contributed by atoms with Crippen molar-refractivity contribution in [1.82, 2.24) is 0 Å². The van der Waals surface area contributed by atoms with E-state index in [0.29, 0.717) is 11.3 Å². The molecule has 1 atom stereocenters. The number of carbonyl (C=O) groups excluding carboxylic acids is 2. The summed E-state index contributed by atoms with van der Waals surface area (Å²) in [7, 11) is 0. The van der Waals surface area contributed by atoms with Crippen molar-refractivity contribution >= 4 is 17.4 Å². The fourth-order valence-corrected chi connectivity index (χ4v) is 1.86. The van der Waals surface area contributed by atoms with Crippen LogP contribution in [0.3, 0.4) is 0 Å². The summed E-state index contributed by atoms with van der Waals surface area (Å²) < 4.78 is 31.4. The molecule has 0 heterocycles. The molecule has 0 aromatic heterocycles. The molecule has 6 heteroatoms. The minimum atomic E-state index is -1.05. The number of hydrogen-bond acceptors (Lipinski definition) is 3. The monoisotopic (exact) mass is 319 g/mol. The second kappa shape index (κ2) is 7.00. The van der Waals surface area contributed by atoms with Gasteiger partial charge in [0, 0.05) is 17.3 Å². The third-order valence-electron chi connectivity index (χ3n) is 3.11. The molecule has 0 saturated carbocycles. The summed E-state index contributed by atoms with van der Waals surface area (Å²) in [5.74, 6) is -2.32. The standard InChI is InChI=1S/C17H15F2NO3/c1-10(21)12-4-3-5-14(8-12)23-11(2)17(22)20-13-6-7-15(18)16(19)9-13/h3-9,11H,1-2H3,(H,20,22). The number of carbonyl (C=O) groups is 2. The maximum absolute atomic E-state index is 13.1. The number of rotatable bonds is 5. The van der Waals surface area contributed by atoms with Crippen molar-refractivity contribution in [2.75, 3.05) is 5.32 Å². The van der Waals surface area contributed by atoms with Gasteiger partial charge in [0.1, 0.15) is 5.75 Å². The minimum Gasteiger partial charge on any atom is -0.481 e. The number of Topliss-reactive ketones (excluding diaryl/α,β-unsaturated/α-hetero) is 1. The molecule has 0 saturated heterocycles. The molecule has 2 rings (SSSR count). The van der Waals surface area contributed by atoms with Crippen LogP contribution in [0, 0.1) is 11.6 Å². The highest BCUT2D eigenvalue weighted by Crippen LogP contribution is 2.17. The van der Waals surface area contributed by atoms with Crippen LogP contribution in [-0.4, -0.2) is 17.8 Å². The third-order valence-corrected chi connectivity index (χ3v) is 3.11. The first kappa shape index (κ1) is 16.6. The molecule has 23 heavy (non-hydrogen) atoms. The van der Waals surface area contributed by atoms with Gasteiger partial charge < -0.3 is 10.1 Å². The molecular weight excluding hydrogens is 304 g/mol. The molecule has 0 bridgehead atoms. The van der Waals surface area contributed by atoms with E-state index in [-0.39, 0.29) is 11.5 Å². The lowest BCUT2D eigenvalue weighted by molar-refractivity contribution is -0.122. The van der Waals surface area contributed by atoms with Gasteiger partial charge in [-0.05, 0) is 38.1 Å². The Morgan fingerprint density at radius 3 is 2.48 bits per heavy atom. The van der Waals surface area contributed by atoms with Crippen molar-refractivity contribution in [3.63, 3.8) is 0 Å². The quantitative estimate of drug-likeness (QED) is 0.857. The van der Waals surface area contributed by atoms with Crippen LogP contribution in [0.25, 0.3) is 0 Å². The number of anilines is 1. The second-order valence-electron chi connectivity index (χ2n) is 4.96. The van der Waals surface area contributed by atoms with Crippen LogP contribution in [0.5, 0.6) is 5.75 Å². The molecule has 0 aliphatic rings. The average molecular weight is 319 g/mol. The third kappa shape index (κ3) is 4.35. The van der Waals surface area contributed by atoms with Crippen LogP contribution in [0.1, 0.15) is 24.2 Å². The first-order valence-electron chi connectivity index (χ1n) is 6.90. The number of ether oxygens (including phenoxy) is 1. The second-order valence-corrected chi connectivity index (χ2v) is 4.96. The molecule has 0 radical (unpaired) electrons. The van der Waals surface area contributed by atoms with Crippen LogP contribution < -0.4 is 10.1 Å². The van der Waals surface area contributed by atoms with E-state index in [4.69, 9.17) is 4.74 Å². The number of ketones is 1. The zero-order chi connectivity index (χ0) is 17.0. The molecule has 1 unspecified atom stereocenters. The lowest BCUT2D eigenvalue weighted by Gasteiger charge is -2.15. The first-order chi connectivity index (χ1) is 10.9. The Morgan fingerprint density at radius 2 is 1.83 bits per heavy atom. The summed E-state index contributed by atoms with van der Waals surface area (Å²) >= 11 is 0. The van der Waals surface area contributed by atoms with Gasteiger partial charge in [0.05, 0.1) is 0 Å². The fourth-order valence-electron chi connectivity index (χ4n) is 1.86. The van der Waals surface area contributed by atoms with Gasteiger partial charge in [0.2, 0.25) is 0 Å². The normalized spacial score (nSPS) is 11.7. The molecule has 1 N–H and O–H groups in total. The van der Waals surface area contributed by atoms with Gasteiger partial charge in [-0.1, -0.05) is 12.1 Å². The zero-order valence-corrected chi connectivity index (χ0v) is 12.6. The summed E-state index contributed by atoms with van der Waals surface area (Å²) in [5, 5.41) is 2.43. The van der Waals surface area contributed by atoms with Crippen LogP contribution in [0.15, 0.2) is 42.5 Å². The zero-order valence-electron chi connectivity index (χ0n) is 12.6. The van der Waals surface area contributed by atoms with E-state index in [1.54, 1.807) is 18.2 Å². The Balaban J connectivity index is 2.03. The van der Waals surface area contributed by atoms with Crippen molar-refractivity contribution < 1.29 is 23.1 Å². The summed E-state index contributed by atoms with van der Waals surface area (Å²) in [6.45, 7) is 2.94. The van der Waals surface area contributed by atoms with Gasteiger partial charge in [-0.15, -0.1) is 0 Å². The van der Waals surface area contributed by atoms with Crippen LogP contribution in [0.2, 0.25) is 0 Å². The van der Waals surface area contributed by atoms with Crippen molar-refractivity contribution in [1.29, 1.82) is 0 Å². The lowest BCUT2D eigenvalue weighted by atomic mass is 10.1. The highest BCUT2D eigenvalue weighted by molar-refractivity contribution is 5.95. The van der Waals surface area contributed by atoms with E-state index in [1.807, 2.05) is 0 Å². The largest absolute Gasteiger partial charge is 0.481 e. The Hall–Kier alpha value is -2.76. The van der Waals surface area contributed by atoms with Gasteiger partial charge in [0.25, 0.3) is 5.91 Å². The van der Waals surface area contributed by atoms with E-state index in [2.05, 4.69) is 5.32 Å². The maximum Gasteiger partial charge on any atom is 0.265 e. The van der Waals surface area contributed by atoms with Crippen molar-refractivity contribution in [3.8, 4) is 5.75 Å². The average Bonchev–Trinajstić information content (AvgIpc) is 2.51. The number of amides is 1. The number of halogens is 2. The molecule has 0 fully saturated rings. The van der Waals surface area contributed by atoms with Gasteiger partial charge >= 0.3 is 0 Å². The molecule has 1 amide bonds. The molecule has 0 spiro atoms. The van der Waals surface area contributed by atoms with E-state index in [1.165, 1.54) is 26.0 Å². The van der Waals surface area contributed by atoms with Crippen molar-refractivity contribution in [2.45, 2.75) is 20.0 Å². The van der Waals surface area contributed by atoms with Crippen LogP contribution in [0.4, 0.5) is 14.5 Å². The van der Waals surface area contributed by atoms with Crippen LogP contribution >= 0.6 is 0 Å². The van der Waals surface area contributed by atoms with Gasteiger partial charge in [0.15, 0.2) is 23.5 Å². The highest BCUT2D eigenvalue weighted by Gasteiger charge is 2.16. The summed E-state index contributed by atoms with van der Waals surface area (Å²) in [4.78, 5) is 23.3. The Bertz CT molecular complexity index is 746. The van der Waals surface area contributed by atoms with Crippen molar-refractivity contribution in [2.24, 2.45) is 0 Å². The molecule has 0 aliphatic carbocycles. The van der Waals surface area contributed by atoms with Crippen molar-refractivity contribution in [3.05, 3.63) is 59.7 Å². The SMILES string of the molecule is CC(=O)c1cccc(OC(C)C(=O)Nc2ccc(F)c(F)c2)c1. The summed E-state index contributed by atoms with van der Waals surface area (Å²) in [6, 6.07) is 9.49. The number of nitrogens with one attached hydrogen (secondary N) is 1. The Kier molecular flexibility index (Phi) is 5.05.